The molecule has 0 aliphatic rings. The number of benzene rings is 7. The van der Waals surface area contributed by atoms with Crippen LogP contribution in [0.4, 0.5) is 0 Å². The van der Waals surface area contributed by atoms with Crippen LogP contribution in [0.3, 0.4) is 0 Å². The number of para-hydroxylation sites is 1. The third-order valence-corrected chi connectivity index (χ3v) is 10.0. The zero-order valence-electron chi connectivity index (χ0n) is 27.7. The lowest BCUT2D eigenvalue weighted by atomic mass is 9.96. The lowest BCUT2D eigenvalue weighted by Gasteiger charge is -2.14. The standard InChI is InChI=1S/C48H31N3/c1-3-12-33(13-4-1)47-43-28-40-25-36(39-22-24-45(49-30-39)41-26-38-17-9-10-18-44(38)50-31-41)19-20-37(40)29-46(43)51(48(47)34-14-5-2-6-15-34)42-23-21-32-11-7-8-16-35(32)27-42/h1-31H. The molecule has 10 aromatic rings. The summed E-state index contributed by atoms with van der Waals surface area (Å²) in [6, 6.07) is 63.1. The van der Waals surface area contributed by atoms with E-state index in [4.69, 9.17) is 4.98 Å². The number of nitrogens with zero attached hydrogens (tertiary/aromatic N) is 3. The van der Waals surface area contributed by atoms with E-state index in [1.807, 2.05) is 30.6 Å². The minimum Gasteiger partial charge on any atom is -0.309 e. The predicted octanol–water partition coefficient (Wildman–Crippen LogP) is 12.5. The molecule has 0 atom stereocenters. The van der Waals surface area contributed by atoms with Crippen molar-refractivity contribution in [2.75, 3.05) is 0 Å². The van der Waals surface area contributed by atoms with Gasteiger partial charge in [-0.3, -0.25) is 9.97 Å². The van der Waals surface area contributed by atoms with Crippen LogP contribution < -0.4 is 0 Å². The summed E-state index contributed by atoms with van der Waals surface area (Å²) in [5, 5.41) is 7.17. The maximum Gasteiger partial charge on any atom is 0.0718 e. The quantitative estimate of drug-likeness (QED) is 0.186. The number of pyridine rings is 2. The van der Waals surface area contributed by atoms with Crippen LogP contribution in [-0.4, -0.2) is 14.5 Å². The van der Waals surface area contributed by atoms with Gasteiger partial charge in [-0.1, -0.05) is 127 Å². The Balaban J connectivity index is 1.16. The third kappa shape index (κ3) is 5.06. The first kappa shape index (κ1) is 29.1. The normalized spacial score (nSPS) is 11.5. The molecular formula is C48H31N3. The second kappa shape index (κ2) is 11.9. The summed E-state index contributed by atoms with van der Waals surface area (Å²) < 4.78 is 2.46. The zero-order valence-corrected chi connectivity index (χ0v) is 27.7. The van der Waals surface area contributed by atoms with Crippen LogP contribution >= 0.6 is 0 Å². The SMILES string of the molecule is c1ccc(-c2c(-c3ccccc3)n(-c3ccc4ccccc4c3)c3cc4ccc(-c5ccc(-c6cnc7ccccc7c6)nc5)cc4cc23)cc1. The van der Waals surface area contributed by atoms with Gasteiger partial charge in [0.25, 0.3) is 0 Å². The Hall–Kier alpha value is -6.84. The molecule has 0 radical (unpaired) electrons. The molecule has 3 nitrogen and oxygen atoms in total. The van der Waals surface area contributed by atoms with Crippen molar-refractivity contribution >= 4 is 43.4 Å². The molecule has 0 N–H and O–H groups in total. The molecule has 3 heteroatoms. The summed E-state index contributed by atoms with van der Waals surface area (Å²) in [5.74, 6) is 0. The van der Waals surface area contributed by atoms with E-state index < -0.39 is 0 Å². The highest BCUT2D eigenvalue weighted by Gasteiger charge is 2.22. The summed E-state index contributed by atoms with van der Waals surface area (Å²) >= 11 is 0. The number of hydrogen-bond acceptors (Lipinski definition) is 2. The van der Waals surface area contributed by atoms with Crippen molar-refractivity contribution in [1.29, 1.82) is 0 Å². The molecule has 0 amide bonds. The molecule has 0 saturated carbocycles. The summed E-state index contributed by atoms with van der Waals surface area (Å²) in [6.07, 6.45) is 3.88. The van der Waals surface area contributed by atoms with Crippen molar-refractivity contribution in [3.8, 4) is 50.5 Å². The molecule has 3 heterocycles. The Kier molecular flexibility index (Phi) is 6.81. The van der Waals surface area contributed by atoms with Gasteiger partial charge >= 0.3 is 0 Å². The monoisotopic (exact) mass is 649 g/mol. The first-order chi connectivity index (χ1) is 25.3. The average Bonchev–Trinajstić information content (AvgIpc) is 3.54. The van der Waals surface area contributed by atoms with Gasteiger partial charge in [0.05, 0.1) is 22.4 Å². The van der Waals surface area contributed by atoms with Crippen molar-refractivity contribution in [1.82, 2.24) is 14.5 Å². The van der Waals surface area contributed by atoms with Crippen LogP contribution in [-0.2, 0) is 0 Å². The minimum absolute atomic E-state index is 0.912. The fourth-order valence-corrected chi connectivity index (χ4v) is 7.51. The molecule has 0 aliphatic heterocycles. The maximum atomic E-state index is 4.88. The summed E-state index contributed by atoms with van der Waals surface area (Å²) in [7, 11) is 0. The van der Waals surface area contributed by atoms with Gasteiger partial charge in [0.2, 0.25) is 0 Å². The predicted molar refractivity (Wildman–Crippen MR) is 213 cm³/mol. The van der Waals surface area contributed by atoms with Crippen LogP contribution in [0.2, 0.25) is 0 Å². The Morgan fingerprint density at radius 3 is 1.82 bits per heavy atom. The van der Waals surface area contributed by atoms with Gasteiger partial charge in [0.15, 0.2) is 0 Å². The second-order valence-electron chi connectivity index (χ2n) is 13.1. The van der Waals surface area contributed by atoms with Crippen molar-refractivity contribution in [3.63, 3.8) is 0 Å². The Morgan fingerprint density at radius 1 is 0.373 bits per heavy atom. The molecule has 0 fully saturated rings. The van der Waals surface area contributed by atoms with Crippen LogP contribution in [0, 0.1) is 0 Å². The molecule has 3 aromatic heterocycles. The summed E-state index contributed by atoms with van der Waals surface area (Å²) in [5.41, 5.74) is 12.2. The molecule has 0 spiro atoms. The molecule has 7 aromatic carbocycles. The van der Waals surface area contributed by atoms with Gasteiger partial charge in [-0.2, -0.15) is 0 Å². The van der Waals surface area contributed by atoms with E-state index in [0.717, 1.165) is 39.0 Å². The van der Waals surface area contributed by atoms with Gasteiger partial charge < -0.3 is 4.57 Å². The van der Waals surface area contributed by atoms with Crippen molar-refractivity contribution < 1.29 is 0 Å². The lowest BCUT2D eigenvalue weighted by molar-refractivity contribution is 1.14. The van der Waals surface area contributed by atoms with Crippen LogP contribution in [0.1, 0.15) is 0 Å². The van der Waals surface area contributed by atoms with Gasteiger partial charge in [-0.25, -0.2) is 0 Å². The highest BCUT2D eigenvalue weighted by atomic mass is 15.0. The molecule has 238 valence electrons. The highest BCUT2D eigenvalue weighted by Crippen LogP contribution is 2.44. The lowest BCUT2D eigenvalue weighted by Crippen LogP contribution is -1.98. The third-order valence-electron chi connectivity index (χ3n) is 10.0. The zero-order chi connectivity index (χ0) is 33.7. The van der Waals surface area contributed by atoms with Crippen molar-refractivity contribution in [2.24, 2.45) is 0 Å². The topological polar surface area (TPSA) is 30.7 Å². The molecule has 0 bridgehead atoms. The second-order valence-corrected chi connectivity index (χ2v) is 13.1. The van der Waals surface area contributed by atoms with E-state index >= 15 is 0 Å². The Labute approximate surface area is 295 Å². The Morgan fingerprint density at radius 2 is 1.02 bits per heavy atom. The number of rotatable bonds is 5. The number of hydrogen-bond donors (Lipinski definition) is 0. The minimum atomic E-state index is 0.912. The van der Waals surface area contributed by atoms with Crippen LogP contribution in [0.15, 0.2) is 188 Å². The van der Waals surface area contributed by atoms with E-state index in [1.165, 1.54) is 54.8 Å². The van der Waals surface area contributed by atoms with E-state index in [2.05, 4.69) is 167 Å². The fraction of sp³-hybridized carbons (Fsp3) is 0. The molecular weight excluding hydrogens is 619 g/mol. The van der Waals surface area contributed by atoms with Gasteiger partial charge in [-0.05, 0) is 86.8 Å². The molecule has 51 heavy (non-hydrogen) atoms. The molecule has 0 unspecified atom stereocenters. The molecule has 10 rings (SSSR count). The Bertz CT molecular complexity index is 2890. The van der Waals surface area contributed by atoms with Crippen LogP contribution in [0.5, 0.6) is 0 Å². The van der Waals surface area contributed by atoms with Crippen LogP contribution in [0.25, 0.3) is 93.8 Å². The van der Waals surface area contributed by atoms with Gasteiger partial charge in [-0.15, -0.1) is 0 Å². The molecule has 0 saturated heterocycles. The van der Waals surface area contributed by atoms with Gasteiger partial charge in [0.1, 0.15) is 0 Å². The summed E-state index contributed by atoms with van der Waals surface area (Å²) in [6.45, 7) is 0. The van der Waals surface area contributed by atoms with Crippen molar-refractivity contribution in [3.05, 3.63) is 188 Å². The first-order valence-electron chi connectivity index (χ1n) is 17.3. The number of aromatic nitrogens is 3. The van der Waals surface area contributed by atoms with E-state index in [-0.39, 0.29) is 0 Å². The van der Waals surface area contributed by atoms with E-state index in [1.54, 1.807) is 0 Å². The largest absolute Gasteiger partial charge is 0.309 e. The van der Waals surface area contributed by atoms with Crippen molar-refractivity contribution in [2.45, 2.75) is 0 Å². The van der Waals surface area contributed by atoms with Gasteiger partial charge in [0, 0.05) is 45.5 Å². The average molecular weight is 650 g/mol. The maximum absolute atomic E-state index is 4.88. The number of fused-ring (bicyclic) bond motifs is 4. The molecule has 0 aliphatic carbocycles. The summed E-state index contributed by atoms with van der Waals surface area (Å²) in [4.78, 5) is 9.52. The fourth-order valence-electron chi connectivity index (χ4n) is 7.51. The van der Waals surface area contributed by atoms with E-state index in [0.29, 0.717) is 0 Å². The van der Waals surface area contributed by atoms with E-state index in [9.17, 15) is 0 Å². The smallest absolute Gasteiger partial charge is 0.0718 e. The first-order valence-corrected chi connectivity index (χ1v) is 17.3. The highest BCUT2D eigenvalue weighted by molar-refractivity contribution is 6.11.